The van der Waals surface area contributed by atoms with Gasteiger partial charge in [0.2, 0.25) is 5.75 Å². The molecule has 0 saturated heterocycles. The van der Waals surface area contributed by atoms with E-state index in [2.05, 4.69) is 41.9 Å². The molecule has 3 aromatic rings. The van der Waals surface area contributed by atoms with E-state index in [1.165, 1.54) is 24.1 Å². The van der Waals surface area contributed by atoms with Gasteiger partial charge in [0.25, 0.3) is 5.56 Å². The average Bonchev–Trinajstić information content (AvgIpc) is 2.72. The van der Waals surface area contributed by atoms with Crippen LogP contribution in [0.25, 0.3) is 10.9 Å². The number of hydrogen-bond acceptors (Lipinski definition) is 6. The van der Waals surface area contributed by atoms with Crippen LogP contribution >= 0.6 is 31.9 Å². The van der Waals surface area contributed by atoms with Gasteiger partial charge in [-0.25, -0.2) is 4.98 Å². The molecule has 0 N–H and O–H groups in total. The van der Waals surface area contributed by atoms with Crippen LogP contribution in [0.4, 0.5) is 5.69 Å². The van der Waals surface area contributed by atoms with Crippen LogP contribution in [0, 0.1) is 10.1 Å². The summed E-state index contributed by atoms with van der Waals surface area (Å²) in [6, 6.07) is 8.29. The highest BCUT2D eigenvalue weighted by molar-refractivity contribution is 9.10. The van der Waals surface area contributed by atoms with Crippen molar-refractivity contribution in [3.8, 4) is 5.75 Å². The predicted molar refractivity (Wildman–Crippen MR) is 123 cm³/mol. The van der Waals surface area contributed by atoms with E-state index < -0.39 is 4.92 Å². The minimum atomic E-state index is -0.535. The molecular formula is C20H18Br2N4O4. The molecule has 1 atom stereocenters. The Morgan fingerprint density at radius 2 is 2.03 bits per heavy atom. The Kier molecular flexibility index (Phi) is 6.67. The average molecular weight is 538 g/mol. The largest absolute Gasteiger partial charge is 0.490 e. The Balaban J connectivity index is 2.25. The van der Waals surface area contributed by atoms with Crippen molar-refractivity contribution in [3.05, 3.63) is 71.1 Å². The van der Waals surface area contributed by atoms with E-state index >= 15 is 0 Å². The summed E-state index contributed by atoms with van der Waals surface area (Å²) in [5.41, 5.74) is 0.412. The Hall–Kier alpha value is -2.59. The molecule has 0 aliphatic heterocycles. The van der Waals surface area contributed by atoms with Crippen LogP contribution in [-0.4, -0.2) is 27.9 Å². The lowest BCUT2D eigenvalue weighted by atomic mass is 10.1. The van der Waals surface area contributed by atoms with E-state index in [1.807, 2.05) is 19.9 Å². The molecule has 0 amide bonds. The summed E-state index contributed by atoms with van der Waals surface area (Å²) in [5, 5.41) is 16.1. The van der Waals surface area contributed by atoms with E-state index in [1.54, 1.807) is 18.2 Å². The molecule has 156 valence electrons. The summed E-state index contributed by atoms with van der Waals surface area (Å²) in [6.07, 6.45) is 2.13. The minimum Gasteiger partial charge on any atom is -0.490 e. The summed E-state index contributed by atoms with van der Waals surface area (Å²) in [5.74, 6) is 0.542. The van der Waals surface area contributed by atoms with Gasteiger partial charge in [-0.1, -0.05) is 45.7 Å². The first-order valence-electron chi connectivity index (χ1n) is 9.05. The molecule has 0 radical (unpaired) electrons. The molecule has 0 aliphatic carbocycles. The van der Waals surface area contributed by atoms with Crippen molar-refractivity contribution in [3.63, 3.8) is 0 Å². The molecule has 10 heteroatoms. The van der Waals surface area contributed by atoms with Crippen LogP contribution < -0.4 is 10.3 Å². The molecule has 1 heterocycles. The standard InChI is InChI=1S/C20H18Br2N4O4/c1-4-11(2)19-24-16-6-5-13(21)8-15(16)20(27)25(19)23-10-12-7-14(22)9-17(26(28)29)18(12)30-3/h5-11H,4H2,1-3H3/t11-/m1/s1. The topological polar surface area (TPSA) is 99.6 Å². The summed E-state index contributed by atoms with van der Waals surface area (Å²) in [6.45, 7) is 3.96. The van der Waals surface area contributed by atoms with Gasteiger partial charge in [-0.3, -0.25) is 14.9 Å². The molecule has 8 nitrogen and oxygen atoms in total. The fourth-order valence-corrected chi connectivity index (χ4v) is 3.78. The lowest BCUT2D eigenvalue weighted by Crippen LogP contribution is -2.23. The first-order chi connectivity index (χ1) is 14.3. The Morgan fingerprint density at radius 1 is 1.30 bits per heavy atom. The predicted octanol–water partition coefficient (Wildman–Crippen LogP) is 5.23. The maximum Gasteiger partial charge on any atom is 0.312 e. The van der Waals surface area contributed by atoms with E-state index in [4.69, 9.17) is 4.74 Å². The fourth-order valence-electron chi connectivity index (χ4n) is 2.95. The number of nitro groups is 1. The number of ether oxygens (including phenoxy) is 1. The van der Waals surface area contributed by atoms with Crippen molar-refractivity contribution in [2.75, 3.05) is 7.11 Å². The van der Waals surface area contributed by atoms with E-state index in [0.29, 0.717) is 26.8 Å². The van der Waals surface area contributed by atoms with Gasteiger partial charge in [-0.15, -0.1) is 0 Å². The van der Waals surface area contributed by atoms with Crippen LogP contribution in [0.3, 0.4) is 0 Å². The Bertz CT molecular complexity index is 1220. The number of methoxy groups -OCH3 is 1. The van der Waals surface area contributed by atoms with Crippen molar-refractivity contribution in [1.29, 1.82) is 0 Å². The number of halogens is 2. The second kappa shape index (κ2) is 9.05. The van der Waals surface area contributed by atoms with Gasteiger partial charge in [0.1, 0.15) is 5.82 Å². The number of fused-ring (bicyclic) bond motifs is 1. The third-order valence-electron chi connectivity index (χ3n) is 4.66. The smallest absolute Gasteiger partial charge is 0.312 e. The molecule has 0 unspecified atom stereocenters. The van der Waals surface area contributed by atoms with E-state index in [-0.39, 0.29) is 22.9 Å². The van der Waals surface area contributed by atoms with Crippen LogP contribution in [-0.2, 0) is 0 Å². The minimum absolute atomic E-state index is 0.0263. The Morgan fingerprint density at radius 3 is 2.67 bits per heavy atom. The lowest BCUT2D eigenvalue weighted by Gasteiger charge is -2.14. The summed E-state index contributed by atoms with van der Waals surface area (Å²) in [7, 11) is 1.35. The number of aromatic nitrogens is 2. The molecule has 0 saturated carbocycles. The molecule has 0 aliphatic rings. The molecule has 0 fully saturated rings. The quantitative estimate of drug-likeness (QED) is 0.243. The zero-order valence-corrected chi connectivity index (χ0v) is 19.6. The highest BCUT2D eigenvalue weighted by Crippen LogP contribution is 2.33. The maximum atomic E-state index is 13.2. The van der Waals surface area contributed by atoms with Crippen molar-refractivity contribution < 1.29 is 9.66 Å². The number of nitrogens with zero attached hydrogens (tertiary/aromatic N) is 4. The number of benzene rings is 2. The highest BCUT2D eigenvalue weighted by atomic mass is 79.9. The normalized spacial score (nSPS) is 12.4. The number of hydrogen-bond donors (Lipinski definition) is 0. The van der Waals surface area contributed by atoms with Crippen LogP contribution in [0.15, 0.2) is 49.2 Å². The maximum absolute atomic E-state index is 13.2. The van der Waals surface area contributed by atoms with Gasteiger partial charge in [0.15, 0.2) is 0 Å². The molecular weight excluding hydrogens is 520 g/mol. The summed E-state index contributed by atoms with van der Waals surface area (Å²) >= 11 is 6.64. The van der Waals surface area contributed by atoms with Crippen LogP contribution in [0.1, 0.15) is 37.6 Å². The molecule has 0 spiro atoms. The van der Waals surface area contributed by atoms with Gasteiger partial charge in [-0.05, 0) is 30.7 Å². The monoisotopic (exact) mass is 536 g/mol. The lowest BCUT2D eigenvalue weighted by molar-refractivity contribution is -0.385. The van der Waals surface area contributed by atoms with Gasteiger partial charge < -0.3 is 4.74 Å². The van der Waals surface area contributed by atoms with Crippen molar-refractivity contribution in [2.45, 2.75) is 26.2 Å². The Labute approximate surface area is 189 Å². The molecule has 30 heavy (non-hydrogen) atoms. The summed E-state index contributed by atoms with van der Waals surface area (Å²) in [4.78, 5) is 28.7. The van der Waals surface area contributed by atoms with Crippen molar-refractivity contribution in [1.82, 2.24) is 9.66 Å². The second-order valence-corrected chi connectivity index (χ2v) is 8.44. The van der Waals surface area contributed by atoms with Crippen LogP contribution in [0.2, 0.25) is 0 Å². The summed E-state index contributed by atoms with van der Waals surface area (Å²) < 4.78 is 7.73. The molecule has 3 rings (SSSR count). The molecule has 2 aromatic carbocycles. The van der Waals surface area contributed by atoms with Gasteiger partial charge in [0.05, 0.1) is 29.2 Å². The highest BCUT2D eigenvalue weighted by Gasteiger charge is 2.20. The number of nitro benzene ring substituents is 1. The van der Waals surface area contributed by atoms with E-state index in [9.17, 15) is 14.9 Å². The molecule has 1 aromatic heterocycles. The number of rotatable bonds is 6. The van der Waals surface area contributed by atoms with Crippen molar-refractivity contribution in [2.24, 2.45) is 5.10 Å². The SMILES string of the molecule is CC[C@@H](C)c1nc2ccc(Br)cc2c(=O)n1N=Cc1cc(Br)cc([N+](=O)[O-])c1OC. The first kappa shape index (κ1) is 22.1. The van der Waals surface area contributed by atoms with Gasteiger partial charge in [0, 0.05) is 26.5 Å². The zero-order valence-electron chi connectivity index (χ0n) is 16.4. The third-order valence-corrected chi connectivity index (χ3v) is 5.61. The molecule has 0 bridgehead atoms. The van der Waals surface area contributed by atoms with Gasteiger partial charge >= 0.3 is 5.69 Å². The fraction of sp³-hybridized carbons (Fsp3) is 0.250. The van der Waals surface area contributed by atoms with Crippen molar-refractivity contribution >= 4 is 54.7 Å². The van der Waals surface area contributed by atoms with E-state index in [0.717, 1.165) is 10.9 Å². The first-order valence-corrected chi connectivity index (χ1v) is 10.6. The van der Waals surface area contributed by atoms with Gasteiger partial charge in [-0.2, -0.15) is 9.78 Å². The zero-order chi connectivity index (χ0) is 22.0. The second-order valence-electron chi connectivity index (χ2n) is 6.61. The third kappa shape index (κ3) is 4.29. The van der Waals surface area contributed by atoms with Crippen LogP contribution in [0.5, 0.6) is 5.75 Å².